The van der Waals surface area contributed by atoms with Crippen LogP contribution in [0.25, 0.3) is 0 Å². The Labute approximate surface area is 104 Å². The van der Waals surface area contributed by atoms with Gasteiger partial charge in [0, 0.05) is 37.2 Å². The van der Waals surface area contributed by atoms with Crippen LogP contribution in [0, 0.1) is 0 Å². The van der Waals surface area contributed by atoms with Gasteiger partial charge in [0.25, 0.3) is 0 Å². The van der Waals surface area contributed by atoms with Crippen molar-refractivity contribution in [3.8, 4) is 0 Å². The van der Waals surface area contributed by atoms with Crippen molar-refractivity contribution in [2.24, 2.45) is 0 Å². The second-order valence-electron chi connectivity index (χ2n) is 3.42. The number of hydrogen-bond acceptors (Lipinski definition) is 6. The van der Waals surface area contributed by atoms with Gasteiger partial charge in [0.15, 0.2) is 0 Å². The van der Waals surface area contributed by atoms with Gasteiger partial charge in [0.2, 0.25) is 0 Å². The van der Waals surface area contributed by atoms with Crippen LogP contribution in [0.15, 0.2) is 24.0 Å². The molecule has 90 valence electrons. The van der Waals surface area contributed by atoms with E-state index in [9.17, 15) is 0 Å². The van der Waals surface area contributed by atoms with Gasteiger partial charge in [-0.3, -0.25) is 0 Å². The molecule has 0 saturated heterocycles. The minimum atomic E-state index is 0.829. The summed E-state index contributed by atoms with van der Waals surface area (Å²) in [5.74, 6) is 1.69. The standard InChI is InChI=1S/C11H15N5S/c1-2-12-9-7-10(16-8-15-9)13-4-3-11-14-5-6-17-11/h5-8H,2-4H2,1H3,(H2,12,13,15,16). The summed E-state index contributed by atoms with van der Waals surface area (Å²) < 4.78 is 0. The zero-order valence-electron chi connectivity index (χ0n) is 9.68. The Bertz CT molecular complexity index is 443. The first kappa shape index (κ1) is 11.8. The van der Waals surface area contributed by atoms with Crippen molar-refractivity contribution in [2.45, 2.75) is 13.3 Å². The normalized spacial score (nSPS) is 10.2. The molecule has 0 atom stereocenters. The number of aromatic nitrogens is 3. The highest BCUT2D eigenvalue weighted by molar-refractivity contribution is 7.09. The van der Waals surface area contributed by atoms with Crippen LogP contribution in [0.3, 0.4) is 0 Å². The lowest BCUT2D eigenvalue weighted by Crippen LogP contribution is -2.07. The van der Waals surface area contributed by atoms with E-state index in [0.29, 0.717) is 0 Å². The Balaban J connectivity index is 1.84. The summed E-state index contributed by atoms with van der Waals surface area (Å²) in [6.07, 6.45) is 4.30. The molecule has 2 aromatic heterocycles. The molecule has 2 N–H and O–H groups in total. The molecular formula is C11H15N5S. The Morgan fingerprint density at radius 3 is 2.71 bits per heavy atom. The van der Waals surface area contributed by atoms with Gasteiger partial charge in [-0.1, -0.05) is 0 Å². The van der Waals surface area contributed by atoms with Gasteiger partial charge in [0.1, 0.15) is 18.0 Å². The largest absolute Gasteiger partial charge is 0.370 e. The molecule has 0 aromatic carbocycles. The molecule has 0 saturated carbocycles. The molecule has 6 heteroatoms. The fourth-order valence-electron chi connectivity index (χ4n) is 1.41. The van der Waals surface area contributed by atoms with E-state index in [2.05, 4.69) is 25.6 Å². The van der Waals surface area contributed by atoms with E-state index >= 15 is 0 Å². The summed E-state index contributed by atoms with van der Waals surface area (Å²) in [6.45, 7) is 3.73. The fraction of sp³-hybridized carbons (Fsp3) is 0.364. The highest BCUT2D eigenvalue weighted by Crippen LogP contribution is 2.09. The average Bonchev–Trinajstić information content (AvgIpc) is 2.83. The van der Waals surface area contributed by atoms with Crippen LogP contribution in [-0.4, -0.2) is 28.0 Å². The number of anilines is 2. The van der Waals surface area contributed by atoms with Crippen LogP contribution in [0.2, 0.25) is 0 Å². The first-order chi connectivity index (χ1) is 8.38. The molecule has 0 amide bonds. The lowest BCUT2D eigenvalue weighted by Gasteiger charge is -2.06. The predicted molar refractivity (Wildman–Crippen MR) is 70.5 cm³/mol. The van der Waals surface area contributed by atoms with E-state index in [1.807, 2.05) is 24.6 Å². The van der Waals surface area contributed by atoms with Crippen molar-refractivity contribution in [2.75, 3.05) is 23.7 Å². The van der Waals surface area contributed by atoms with Crippen LogP contribution in [-0.2, 0) is 6.42 Å². The number of rotatable bonds is 6. The van der Waals surface area contributed by atoms with Gasteiger partial charge >= 0.3 is 0 Å². The maximum Gasteiger partial charge on any atom is 0.131 e. The molecule has 0 bridgehead atoms. The maximum atomic E-state index is 4.23. The number of nitrogens with one attached hydrogen (secondary N) is 2. The van der Waals surface area contributed by atoms with Gasteiger partial charge in [-0.15, -0.1) is 11.3 Å². The van der Waals surface area contributed by atoms with E-state index < -0.39 is 0 Å². The van der Waals surface area contributed by atoms with Crippen molar-refractivity contribution in [3.63, 3.8) is 0 Å². The highest BCUT2D eigenvalue weighted by atomic mass is 32.1. The lowest BCUT2D eigenvalue weighted by atomic mass is 10.4. The minimum absolute atomic E-state index is 0.829. The molecule has 0 unspecified atom stereocenters. The van der Waals surface area contributed by atoms with E-state index in [4.69, 9.17) is 0 Å². The zero-order chi connectivity index (χ0) is 11.9. The van der Waals surface area contributed by atoms with E-state index in [1.54, 1.807) is 17.7 Å². The van der Waals surface area contributed by atoms with Gasteiger partial charge in [-0.05, 0) is 6.92 Å². The van der Waals surface area contributed by atoms with E-state index in [1.165, 1.54) is 0 Å². The molecule has 2 aromatic rings. The molecular weight excluding hydrogens is 234 g/mol. The molecule has 0 aliphatic rings. The Hall–Kier alpha value is -1.69. The number of nitrogens with zero attached hydrogens (tertiary/aromatic N) is 3. The van der Waals surface area contributed by atoms with Crippen LogP contribution in [0.5, 0.6) is 0 Å². The van der Waals surface area contributed by atoms with Crippen LogP contribution in [0.1, 0.15) is 11.9 Å². The first-order valence-electron chi connectivity index (χ1n) is 5.56. The first-order valence-corrected chi connectivity index (χ1v) is 6.44. The van der Waals surface area contributed by atoms with Gasteiger partial charge < -0.3 is 10.6 Å². The molecule has 0 aliphatic heterocycles. The highest BCUT2D eigenvalue weighted by Gasteiger charge is 1.98. The molecule has 0 aliphatic carbocycles. The molecule has 0 spiro atoms. The SMILES string of the molecule is CCNc1cc(NCCc2nccs2)ncn1. The molecule has 0 radical (unpaired) electrons. The molecule has 2 rings (SSSR count). The smallest absolute Gasteiger partial charge is 0.131 e. The van der Waals surface area contributed by atoms with Crippen LogP contribution in [0.4, 0.5) is 11.6 Å². The predicted octanol–water partition coefficient (Wildman–Crippen LogP) is 2.02. The molecule has 2 heterocycles. The maximum absolute atomic E-state index is 4.23. The minimum Gasteiger partial charge on any atom is -0.370 e. The van der Waals surface area contributed by atoms with E-state index in [-0.39, 0.29) is 0 Å². The second-order valence-corrected chi connectivity index (χ2v) is 4.40. The topological polar surface area (TPSA) is 62.7 Å². The second kappa shape index (κ2) is 6.15. The van der Waals surface area contributed by atoms with Gasteiger partial charge in [-0.25, -0.2) is 15.0 Å². The third kappa shape index (κ3) is 3.67. The van der Waals surface area contributed by atoms with E-state index in [0.717, 1.165) is 36.2 Å². The number of hydrogen-bond donors (Lipinski definition) is 2. The summed E-state index contributed by atoms with van der Waals surface area (Å²) in [6, 6.07) is 1.91. The fourth-order valence-corrected chi connectivity index (χ4v) is 2.03. The Kier molecular flexibility index (Phi) is 4.26. The van der Waals surface area contributed by atoms with Crippen molar-refractivity contribution < 1.29 is 0 Å². The summed E-state index contributed by atoms with van der Waals surface area (Å²) in [5, 5.41) is 9.53. The van der Waals surface area contributed by atoms with Crippen molar-refractivity contribution in [1.82, 2.24) is 15.0 Å². The molecule has 5 nitrogen and oxygen atoms in total. The summed E-state index contributed by atoms with van der Waals surface area (Å²) in [4.78, 5) is 12.5. The van der Waals surface area contributed by atoms with Gasteiger partial charge in [0.05, 0.1) is 5.01 Å². The van der Waals surface area contributed by atoms with Crippen molar-refractivity contribution in [3.05, 3.63) is 29.0 Å². The van der Waals surface area contributed by atoms with Crippen molar-refractivity contribution >= 4 is 23.0 Å². The quantitative estimate of drug-likeness (QED) is 0.820. The van der Waals surface area contributed by atoms with Crippen molar-refractivity contribution in [1.29, 1.82) is 0 Å². The van der Waals surface area contributed by atoms with Crippen LogP contribution >= 0.6 is 11.3 Å². The lowest BCUT2D eigenvalue weighted by molar-refractivity contribution is 0.981. The summed E-state index contributed by atoms with van der Waals surface area (Å²) in [7, 11) is 0. The average molecular weight is 249 g/mol. The zero-order valence-corrected chi connectivity index (χ0v) is 10.5. The third-order valence-electron chi connectivity index (χ3n) is 2.15. The monoisotopic (exact) mass is 249 g/mol. The van der Waals surface area contributed by atoms with Gasteiger partial charge in [-0.2, -0.15) is 0 Å². The summed E-state index contributed by atoms with van der Waals surface area (Å²) in [5.41, 5.74) is 0. The number of thiazole rings is 1. The Morgan fingerprint density at radius 1 is 1.18 bits per heavy atom. The van der Waals surface area contributed by atoms with Crippen LogP contribution < -0.4 is 10.6 Å². The molecule has 0 fully saturated rings. The third-order valence-corrected chi connectivity index (χ3v) is 2.99. The molecule has 17 heavy (non-hydrogen) atoms. The Morgan fingerprint density at radius 2 is 2.00 bits per heavy atom. The summed E-state index contributed by atoms with van der Waals surface area (Å²) >= 11 is 1.67.